The van der Waals surface area contributed by atoms with Gasteiger partial charge in [0.2, 0.25) is 0 Å². The first-order valence-electron chi connectivity index (χ1n) is 11.3. The summed E-state index contributed by atoms with van der Waals surface area (Å²) in [6.07, 6.45) is 0. The highest BCUT2D eigenvalue weighted by atomic mass is 14.4. The highest BCUT2D eigenvalue weighted by Crippen LogP contribution is 2.54. The summed E-state index contributed by atoms with van der Waals surface area (Å²) in [5.74, 6) is 0. The summed E-state index contributed by atoms with van der Waals surface area (Å²) in [4.78, 5) is 0. The van der Waals surface area contributed by atoms with Crippen molar-refractivity contribution in [2.45, 2.75) is 12.3 Å². The van der Waals surface area contributed by atoms with Gasteiger partial charge in [0.15, 0.2) is 0 Å². The lowest BCUT2D eigenvalue weighted by Gasteiger charge is -2.30. The van der Waals surface area contributed by atoms with Crippen LogP contribution in [0.25, 0.3) is 33.0 Å². The van der Waals surface area contributed by atoms with Crippen LogP contribution in [-0.4, -0.2) is 0 Å². The third-order valence-electron chi connectivity index (χ3n) is 7.24. The quantitative estimate of drug-likeness (QED) is 0.288. The van der Waals surface area contributed by atoms with Crippen molar-refractivity contribution in [1.29, 1.82) is 10.5 Å². The monoisotopic (exact) mass is 432 g/mol. The fourth-order valence-corrected chi connectivity index (χ4v) is 5.74. The highest BCUT2D eigenvalue weighted by Gasteiger charge is 2.41. The molecule has 0 spiro atoms. The fourth-order valence-electron chi connectivity index (χ4n) is 5.74. The topological polar surface area (TPSA) is 47.6 Å². The van der Waals surface area contributed by atoms with Gasteiger partial charge in [-0.15, -0.1) is 0 Å². The van der Waals surface area contributed by atoms with Gasteiger partial charge in [0.25, 0.3) is 0 Å². The molecule has 0 saturated heterocycles. The predicted molar refractivity (Wildman–Crippen MR) is 136 cm³/mol. The van der Waals surface area contributed by atoms with Gasteiger partial charge in [0.1, 0.15) is 0 Å². The fraction of sp³-hybridized carbons (Fsp3) is 0.0625. The summed E-state index contributed by atoms with van der Waals surface area (Å²) in [5, 5.41) is 22.0. The second-order valence-corrected chi connectivity index (χ2v) is 8.88. The van der Waals surface area contributed by atoms with Crippen LogP contribution in [0.3, 0.4) is 0 Å². The molecule has 0 heterocycles. The van der Waals surface area contributed by atoms with Crippen LogP contribution in [-0.2, 0) is 5.41 Å². The Kier molecular flexibility index (Phi) is 4.38. The Hall–Kier alpha value is -4.66. The van der Waals surface area contributed by atoms with Crippen molar-refractivity contribution >= 4 is 10.8 Å². The lowest BCUT2D eigenvalue weighted by Crippen LogP contribution is -2.23. The Morgan fingerprint density at radius 3 is 1.59 bits per heavy atom. The molecule has 0 bridgehead atoms. The van der Waals surface area contributed by atoms with E-state index >= 15 is 0 Å². The number of hydrogen-bond donors (Lipinski definition) is 0. The largest absolute Gasteiger partial charge is 0.192 e. The number of rotatable bonds is 2. The maximum atomic E-state index is 9.90. The van der Waals surface area contributed by atoms with E-state index in [1.54, 1.807) is 18.2 Å². The Morgan fingerprint density at radius 2 is 1.00 bits per heavy atom. The van der Waals surface area contributed by atoms with Crippen molar-refractivity contribution in [3.63, 3.8) is 0 Å². The molecule has 0 aliphatic heterocycles. The van der Waals surface area contributed by atoms with Gasteiger partial charge in [-0.05, 0) is 63.2 Å². The summed E-state index contributed by atoms with van der Waals surface area (Å²) >= 11 is 0. The van der Waals surface area contributed by atoms with Gasteiger partial charge in [0, 0.05) is 11.0 Å². The van der Waals surface area contributed by atoms with E-state index in [0.717, 1.165) is 16.3 Å². The van der Waals surface area contributed by atoms with Gasteiger partial charge in [0.05, 0.1) is 23.3 Å². The second kappa shape index (κ2) is 7.45. The smallest absolute Gasteiger partial charge is 0.0998 e. The van der Waals surface area contributed by atoms with Gasteiger partial charge < -0.3 is 0 Å². The molecule has 0 atom stereocenters. The van der Waals surface area contributed by atoms with Crippen LogP contribution < -0.4 is 0 Å². The van der Waals surface area contributed by atoms with Crippen molar-refractivity contribution in [3.05, 3.63) is 131 Å². The van der Waals surface area contributed by atoms with Crippen LogP contribution >= 0.6 is 0 Å². The minimum absolute atomic E-state index is 0.378. The number of fused-ring (bicyclic) bond motifs is 4. The van der Waals surface area contributed by atoms with E-state index in [9.17, 15) is 10.5 Å². The molecule has 5 aromatic rings. The van der Waals surface area contributed by atoms with E-state index in [1.165, 1.54) is 27.8 Å². The normalized spacial score (nSPS) is 13.0. The SMILES string of the molecule is CC1(c2cccc3cccc(-c4c(C#N)cccc4C#N)c23)c2ccccc2-c2ccccc21. The molecule has 0 fully saturated rings. The van der Waals surface area contributed by atoms with Gasteiger partial charge in [-0.2, -0.15) is 10.5 Å². The number of benzene rings is 5. The molecular formula is C32H20N2. The molecule has 1 aliphatic carbocycles. The Morgan fingerprint density at radius 1 is 0.529 bits per heavy atom. The minimum atomic E-state index is -0.378. The standard InChI is InChI=1S/C32H20N2/c1-32(27-16-4-2-13-24(27)25-14-3-5-17-28(25)32)29-18-8-10-21-9-7-15-26(31(21)29)30-22(19-33)11-6-12-23(30)20-34/h2-18H,1H3. The average Bonchev–Trinajstić information content (AvgIpc) is 3.17. The van der Waals surface area contributed by atoms with Gasteiger partial charge in [-0.3, -0.25) is 0 Å². The van der Waals surface area contributed by atoms with Crippen LogP contribution in [0.2, 0.25) is 0 Å². The van der Waals surface area contributed by atoms with E-state index in [0.29, 0.717) is 16.7 Å². The van der Waals surface area contributed by atoms with E-state index in [1.807, 2.05) is 12.1 Å². The molecule has 5 aromatic carbocycles. The van der Waals surface area contributed by atoms with E-state index < -0.39 is 0 Å². The van der Waals surface area contributed by atoms with Gasteiger partial charge >= 0.3 is 0 Å². The summed E-state index contributed by atoms with van der Waals surface area (Å²) in [5.41, 5.74) is 8.50. The van der Waals surface area contributed by atoms with Crippen molar-refractivity contribution in [1.82, 2.24) is 0 Å². The van der Waals surface area contributed by atoms with Gasteiger partial charge in [-0.25, -0.2) is 0 Å². The molecule has 0 N–H and O–H groups in total. The zero-order valence-corrected chi connectivity index (χ0v) is 18.7. The maximum Gasteiger partial charge on any atom is 0.0998 e. The third-order valence-corrected chi connectivity index (χ3v) is 7.24. The lowest BCUT2D eigenvalue weighted by atomic mass is 9.71. The molecule has 0 amide bonds. The zero-order chi connectivity index (χ0) is 23.3. The Balaban J connectivity index is 1.77. The number of nitriles is 2. The van der Waals surface area contributed by atoms with Crippen LogP contribution in [0.4, 0.5) is 0 Å². The molecule has 0 aromatic heterocycles. The summed E-state index contributed by atoms with van der Waals surface area (Å²) in [6.45, 7) is 2.30. The van der Waals surface area contributed by atoms with Crippen molar-refractivity contribution in [2.24, 2.45) is 0 Å². The first-order valence-corrected chi connectivity index (χ1v) is 11.3. The molecule has 158 valence electrons. The molecule has 2 heteroatoms. The summed E-state index contributed by atoms with van der Waals surface area (Å²) in [6, 6.07) is 39.8. The van der Waals surface area contributed by atoms with Crippen LogP contribution in [0.5, 0.6) is 0 Å². The lowest BCUT2D eigenvalue weighted by molar-refractivity contribution is 0.721. The predicted octanol–water partition coefficient (Wildman–Crippen LogP) is 7.58. The molecular weight excluding hydrogens is 412 g/mol. The van der Waals surface area contributed by atoms with Crippen LogP contribution in [0.15, 0.2) is 103 Å². The van der Waals surface area contributed by atoms with Crippen LogP contribution in [0, 0.1) is 22.7 Å². The van der Waals surface area contributed by atoms with Gasteiger partial charge in [-0.1, -0.05) is 91.0 Å². The molecule has 6 rings (SSSR count). The van der Waals surface area contributed by atoms with Crippen molar-refractivity contribution < 1.29 is 0 Å². The summed E-state index contributed by atoms with van der Waals surface area (Å²) < 4.78 is 0. The van der Waals surface area contributed by atoms with E-state index in [2.05, 4.69) is 91.9 Å². The molecule has 0 unspecified atom stereocenters. The number of nitrogens with zero attached hydrogens (tertiary/aromatic N) is 2. The molecule has 0 radical (unpaired) electrons. The van der Waals surface area contributed by atoms with E-state index in [4.69, 9.17) is 0 Å². The summed E-state index contributed by atoms with van der Waals surface area (Å²) in [7, 11) is 0. The average molecular weight is 433 g/mol. The Bertz CT molecular complexity index is 1610. The van der Waals surface area contributed by atoms with Crippen molar-refractivity contribution in [2.75, 3.05) is 0 Å². The second-order valence-electron chi connectivity index (χ2n) is 8.88. The minimum Gasteiger partial charge on any atom is -0.192 e. The molecule has 0 saturated carbocycles. The first-order chi connectivity index (χ1) is 16.7. The highest BCUT2D eigenvalue weighted by molar-refractivity contribution is 6.03. The zero-order valence-electron chi connectivity index (χ0n) is 18.7. The van der Waals surface area contributed by atoms with Crippen LogP contribution in [0.1, 0.15) is 34.7 Å². The maximum absolute atomic E-state index is 9.90. The first kappa shape index (κ1) is 20.0. The molecule has 2 nitrogen and oxygen atoms in total. The van der Waals surface area contributed by atoms with E-state index in [-0.39, 0.29) is 5.41 Å². The Labute approximate surface area is 199 Å². The van der Waals surface area contributed by atoms with Crippen molar-refractivity contribution in [3.8, 4) is 34.4 Å². The third kappa shape index (κ3) is 2.60. The molecule has 34 heavy (non-hydrogen) atoms. The molecule has 1 aliphatic rings. The number of hydrogen-bond acceptors (Lipinski definition) is 2.